The summed E-state index contributed by atoms with van der Waals surface area (Å²) in [5.74, 6) is 0.852. The second-order valence-corrected chi connectivity index (χ2v) is 5.53. The SMILES string of the molecule is COc1cccc2c1CCC2Nc1cc(CO)ccc1[N+](=O)[O-]. The summed E-state index contributed by atoms with van der Waals surface area (Å²) in [6.07, 6.45) is 1.71. The number of anilines is 1. The Balaban J connectivity index is 1.94. The van der Waals surface area contributed by atoms with Crippen molar-refractivity contribution in [1.82, 2.24) is 0 Å². The molecule has 6 heteroatoms. The van der Waals surface area contributed by atoms with Crippen LogP contribution in [0.2, 0.25) is 0 Å². The molecule has 2 aromatic carbocycles. The van der Waals surface area contributed by atoms with Gasteiger partial charge in [0.05, 0.1) is 24.7 Å². The van der Waals surface area contributed by atoms with E-state index in [1.54, 1.807) is 19.2 Å². The van der Waals surface area contributed by atoms with Crippen molar-refractivity contribution in [2.45, 2.75) is 25.5 Å². The molecule has 6 nitrogen and oxygen atoms in total. The zero-order chi connectivity index (χ0) is 16.4. The van der Waals surface area contributed by atoms with E-state index in [0.717, 1.165) is 29.7 Å². The van der Waals surface area contributed by atoms with Crippen LogP contribution in [0.25, 0.3) is 0 Å². The number of nitrogens with one attached hydrogen (secondary N) is 1. The third-order valence-electron chi connectivity index (χ3n) is 4.22. The number of rotatable bonds is 5. The van der Waals surface area contributed by atoms with E-state index in [-0.39, 0.29) is 18.3 Å². The zero-order valence-corrected chi connectivity index (χ0v) is 12.8. The van der Waals surface area contributed by atoms with Crippen LogP contribution >= 0.6 is 0 Å². The molecule has 0 bridgehead atoms. The summed E-state index contributed by atoms with van der Waals surface area (Å²) in [6.45, 7) is -0.151. The highest BCUT2D eigenvalue weighted by Gasteiger charge is 2.27. The van der Waals surface area contributed by atoms with Gasteiger partial charge in [0.25, 0.3) is 5.69 Å². The number of benzene rings is 2. The van der Waals surface area contributed by atoms with Crippen LogP contribution < -0.4 is 10.1 Å². The number of methoxy groups -OCH3 is 1. The Morgan fingerprint density at radius 3 is 2.91 bits per heavy atom. The van der Waals surface area contributed by atoms with Crippen molar-refractivity contribution in [2.24, 2.45) is 0 Å². The number of aliphatic hydroxyl groups is 1. The van der Waals surface area contributed by atoms with Gasteiger partial charge in [-0.25, -0.2) is 0 Å². The molecule has 0 aliphatic heterocycles. The number of aliphatic hydroxyl groups excluding tert-OH is 1. The van der Waals surface area contributed by atoms with E-state index >= 15 is 0 Å². The molecule has 1 aliphatic rings. The number of hydrogen-bond donors (Lipinski definition) is 2. The fourth-order valence-corrected chi connectivity index (χ4v) is 3.11. The highest BCUT2D eigenvalue weighted by atomic mass is 16.6. The van der Waals surface area contributed by atoms with E-state index < -0.39 is 4.92 Å². The number of nitro groups is 1. The lowest BCUT2D eigenvalue weighted by Crippen LogP contribution is -2.09. The summed E-state index contributed by atoms with van der Waals surface area (Å²) >= 11 is 0. The molecule has 2 N–H and O–H groups in total. The predicted octanol–water partition coefficient (Wildman–Crippen LogP) is 3.20. The highest BCUT2D eigenvalue weighted by molar-refractivity contribution is 5.64. The van der Waals surface area contributed by atoms with Crippen molar-refractivity contribution in [3.05, 3.63) is 63.2 Å². The maximum Gasteiger partial charge on any atom is 0.292 e. The molecule has 0 saturated heterocycles. The van der Waals surface area contributed by atoms with Gasteiger partial charge < -0.3 is 15.2 Å². The van der Waals surface area contributed by atoms with Gasteiger partial charge in [0.15, 0.2) is 0 Å². The highest BCUT2D eigenvalue weighted by Crippen LogP contribution is 2.40. The Bertz CT molecular complexity index is 745. The molecule has 0 heterocycles. The molecule has 3 rings (SSSR count). The third kappa shape index (κ3) is 2.85. The molecule has 0 aromatic heterocycles. The van der Waals surface area contributed by atoms with Crippen molar-refractivity contribution in [3.63, 3.8) is 0 Å². The van der Waals surface area contributed by atoms with Gasteiger partial charge in [-0.1, -0.05) is 12.1 Å². The quantitative estimate of drug-likeness (QED) is 0.654. The largest absolute Gasteiger partial charge is 0.496 e. The average molecular weight is 314 g/mol. The lowest BCUT2D eigenvalue weighted by Gasteiger charge is -2.16. The minimum atomic E-state index is -0.412. The van der Waals surface area contributed by atoms with Crippen molar-refractivity contribution < 1.29 is 14.8 Å². The lowest BCUT2D eigenvalue weighted by atomic mass is 10.1. The molecule has 1 unspecified atom stereocenters. The maximum atomic E-state index is 11.2. The molecule has 2 aromatic rings. The fourth-order valence-electron chi connectivity index (χ4n) is 3.11. The molecule has 1 aliphatic carbocycles. The first-order valence-corrected chi connectivity index (χ1v) is 7.44. The summed E-state index contributed by atoms with van der Waals surface area (Å²) in [5.41, 5.74) is 3.34. The monoisotopic (exact) mass is 314 g/mol. The predicted molar refractivity (Wildman–Crippen MR) is 86.7 cm³/mol. The Kier molecular flexibility index (Phi) is 4.16. The van der Waals surface area contributed by atoms with Crippen molar-refractivity contribution in [1.29, 1.82) is 0 Å². The second-order valence-electron chi connectivity index (χ2n) is 5.53. The van der Waals surface area contributed by atoms with Crippen molar-refractivity contribution in [3.8, 4) is 5.75 Å². The Morgan fingerprint density at radius 1 is 1.39 bits per heavy atom. The maximum absolute atomic E-state index is 11.2. The molecule has 0 saturated carbocycles. The van der Waals surface area contributed by atoms with Crippen LogP contribution in [-0.4, -0.2) is 17.1 Å². The number of ether oxygens (including phenoxy) is 1. The van der Waals surface area contributed by atoms with Crippen LogP contribution in [0, 0.1) is 10.1 Å². The van der Waals surface area contributed by atoms with Gasteiger partial charge >= 0.3 is 0 Å². The average Bonchev–Trinajstić information content (AvgIpc) is 2.97. The van der Waals surface area contributed by atoms with E-state index in [9.17, 15) is 15.2 Å². The van der Waals surface area contributed by atoms with Crippen LogP contribution in [0.15, 0.2) is 36.4 Å². The van der Waals surface area contributed by atoms with Gasteiger partial charge in [-0.05, 0) is 47.7 Å². The first-order chi connectivity index (χ1) is 11.1. The third-order valence-corrected chi connectivity index (χ3v) is 4.22. The van der Waals surface area contributed by atoms with Gasteiger partial charge in [-0.2, -0.15) is 0 Å². The fraction of sp³-hybridized carbons (Fsp3) is 0.294. The minimum Gasteiger partial charge on any atom is -0.496 e. The number of fused-ring (bicyclic) bond motifs is 1. The zero-order valence-electron chi connectivity index (χ0n) is 12.8. The number of nitrogens with zero attached hydrogens (tertiary/aromatic N) is 1. The molecule has 0 radical (unpaired) electrons. The van der Waals surface area contributed by atoms with Gasteiger partial charge in [-0.15, -0.1) is 0 Å². The Morgan fingerprint density at radius 2 is 2.22 bits per heavy atom. The van der Waals surface area contributed by atoms with Crippen LogP contribution in [0.1, 0.15) is 29.2 Å². The second kappa shape index (κ2) is 6.26. The first-order valence-electron chi connectivity index (χ1n) is 7.44. The lowest BCUT2D eigenvalue weighted by molar-refractivity contribution is -0.384. The Labute approximate surface area is 133 Å². The summed E-state index contributed by atoms with van der Waals surface area (Å²) in [5, 5.41) is 23.8. The molecule has 0 spiro atoms. The standard InChI is InChI=1S/C17H18N2O4/c1-23-17-4-2-3-12-13(17)6-7-14(12)18-15-9-11(10-20)5-8-16(15)19(21)22/h2-5,8-9,14,18,20H,6-7,10H2,1H3. The van der Waals surface area contributed by atoms with Crippen LogP contribution in [0.3, 0.4) is 0 Å². The van der Waals surface area contributed by atoms with Gasteiger partial charge in [-0.3, -0.25) is 10.1 Å². The molecule has 23 heavy (non-hydrogen) atoms. The molecular formula is C17H18N2O4. The summed E-state index contributed by atoms with van der Waals surface area (Å²) in [6, 6.07) is 10.5. The number of nitro benzene ring substituents is 1. The normalized spacial score (nSPS) is 16.0. The van der Waals surface area contributed by atoms with Crippen LogP contribution in [0.4, 0.5) is 11.4 Å². The van der Waals surface area contributed by atoms with E-state index in [2.05, 4.69) is 5.32 Å². The van der Waals surface area contributed by atoms with Crippen molar-refractivity contribution in [2.75, 3.05) is 12.4 Å². The topological polar surface area (TPSA) is 84.6 Å². The van der Waals surface area contributed by atoms with E-state index in [1.807, 2.05) is 18.2 Å². The minimum absolute atomic E-state index is 0.00672. The van der Waals surface area contributed by atoms with Crippen LogP contribution in [-0.2, 0) is 13.0 Å². The first kappa shape index (κ1) is 15.3. The van der Waals surface area contributed by atoms with Gasteiger partial charge in [0, 0.05) is 6.07 Å². The van der Waals surface area contributed by atoms with Gasteiger partial charge in [0.2, 0.25) is 0 Å². The van der Waals surface area contributed by atoms with Crippen molar-refractivity contribution >= 4 is 11.4 Å². The van der Waals surface area contributed by atoms with Crippen LogP contribution in [0.5, 0.6) is 5.75 Å². The van der Waals surface area contributed by atoms with E-state index in [1.165, 1.54) is 6.07 Å². The molecule has 1 atom stereocenters. The van der Waals surface area contributed by atoms with E-state index in [0.29, 0.717) is 11.3 Å². The Hall–Kier alpha value is -2.60. The summed E-state index contributed by atoms with van der Waals surface area (Å²) in [4.78, 5) is 10.8. The molecule has 0 fully saturated rings. The number of hydrogen-bond acceptors (Lipinski definition) is 5. The summed E-state index contributed by atoms with van der Waals surface area (Å²) < 4.78 is 5.38. The molecule has 120 valence electrons. The smallest absolute Gasteiger partial charge is 0.292 e. The van der Waals surface area contributed by atoms with E-state index in [4.69, 9.17) is 4.74 Å². The van der Waals surface area contributed by atoms with Gasteiger partial charge in [0.1, 0.15) is 11.4 Å². The molecular weight excluding hydrogens is 296 g/mol. The summed E-state index contributed by atoms with van der Waals surface area (Å²) in [7, 11) is 1.64. The molecule has 0 amide bonds.